The van der Waals surface area contributed by atoms with Crippen LogP contribution in [0.25, 0.3) is 33.4 Å². The molecule has 2 N–H and O–H groups in total. The normalized spacial score (nSPS) is 10.7. The van der Waals surface area contributed by atoms with E-state index in [1.807, 2.05) is 62.4 Å². The van der Waals surface area contributed by atoms with Crippen LogP contribution in [0.15, 0.2) is 66.9 Å². The lowest BCUT2D eigenvalue weighted by atomic mass is 9.90. The Morgan fingerprint density at radius 1 is 0.912 bits per heavy atom. The number of rotatable bonds is 4. The molecule has 0 saturated heterocycles. The maximum Gasteiger partial charge on any atom is 0.0893 e. The van der Waals surface area contributed by atoms with E-state index in [0.717, 1.165) is 44.5 Å². The third kappa shape index (κ3) is 7.63. The van der Waals surface area contributed by atoms with Crippen molar-refractivity contribution in [1.29, 1.82) is 0 Å². The minimum Gasteiger partial charge on any atom is -0.396 e. The van der Waals surface area contributed by atoms with Gasteiger partial charge in [-0.3, -0.25) is 4.98 Å². The average Bonchev–Trinajstić information content (AvgIpc) is 2.81. The summed E-state index contributed by atoms with van der Waals surface area (Å²) in [6, 6.07) is 19.8. The third-order valence-electron chi connectivity index (χ3n) is 4.75. The number of aliphatic hydroxyl groups is 2. The number of pyridine rings is 2. The molecule has 2 heterocycles. The first-order chi connectivity index (χ1) is 16.2. The highest BCUT2D eigenvalue weighted by atomic mass is 35.5. The summed E-state index contributed by atoms with van der Waals surface area (Å²) < 4.78 is 0. The van der Waals surface area contributed by atoms with Gasteiger partial charge in [0.1, 0.15) is 0 Å². The number of nitrogens with zero attached hydrogens (tertiary/aromatic N) is 2. The highest BCUT2D eigenvalue weighted by Gasteiger charge is 2.15. The number of fused-ring (bicyclic) bond motifs is 1. The summed E-state index contributed by atoms with van der Waals surface area (Å²) in [6.07, 6.45) is 2.37. The van der Waals surface area contributed by atoms with Crippen LogP contribution in [-0.2, 0) is 6.42 Å². The SMILES string of the molecule is CC.CC(C)(C)O.Cc1cc2nc(-c3ccccn3)ccc2c(-c2ccc(Cl)cc2)c1CCO. The molecule has 0 aliphatic heterocycles. The molecule has 4 rings (SSSR count). The first-order valence-corrected chi connectivity index (χ1v) is 12.0. The molecule has 2 aromatic carbocycles. The molecule has 5 heteroatoms. The molecule has 0 aliphatic carbocycles. The monoisotopic (exact) mass is 478 g/mol. The Balaban J connectivity index is 0.000000520. The fraction of sp³-hybridized carbons (Fsp3) is 0.310. The highest BCUT2D eigenvalue weighted by Crippen LogP contribution is 2.35. The zero-order valence-corrected chi connectivity index (χ0v) is 21.7. The van der Waals surface area contributed by atoms with Gasteiger partial charge in [0.05, 0.1) is 22.5 Å². The molecule has 0 fully saturated rings. The van der Waals surface area contributed by atoms with Crippen LogP contribution in [-0.4, -0.2) is 32.4 Å². The standard InChI is InChI=1S/C23H19ClN2O.C4H10O.C2H6/c1-15-14-22-19(9-10-21(26-22)20-4-2-3-12-25-20)23(18(15)11-13-27)16-5-7-17(24)8-6-16;1-4(2,3)5;1-2/h2-10,12,14,27H,11,13H2,1H3;5H,1-3H3;1-2H3. The molecule has 0 radical (unpaired) electrons. The Morgan fingerprint density at radius 3 is 2.12 bits per heavy atom. The maximum atomic E-state index is 9.58. The molecule has 0 aliphatic rings. The molecule has 0 atom stereocenters. The number of benzene rings is 2. The quantitative estimate of drug-likeness (QED) is 0.324. The van der Waals surface area contributed by atoms with Crippen molar-refractivity contribution in [2.75, 3.05) is 6.61 Å². The number of halogens is 1. The lowest BCUT2D eigenvalue weighted by Crippen LogP contribution is -2.10. The van der Waals surface area contributed by atoms with E-state index in [0.29, 0.717) is 11.4 Å². The molecule has 2 aromatic heterocycles. The number of hydrogen-bond acceptors (Lipinski definition) is 4. The van der Waals surface area contributed by atoms with Gasteiger partial charge in [-0.05, 0) is 98.8 Å². The zero-order valence-electron chi connectivity index (χ0n) is 20.9. The Morgan fingerprint density at radius 2 is 1.56 bits per heavy atom. The summed E-state index contributed by atoms with van der Waals surface area (Å²) in [6.45, 7) is 11.4. The molecule has 0 amide bonds. The van der Waals surface area contributed by atoms with Gasteiger partial charge in [-0.15, -0.1) is 0 Å². The summed E-state index contributed by atoms with van der Waals surface area (Å²) in [5.41, 5.74) is 6.55. The first kappa shape index (κ1) is 27.5. The largest absolute Gasteiger partial charge is 0.396 e. The minimum atomic E-state index is -0.500. The smallest absolute Gasteiger partial charge is 0.0893 e. The molecular formula is C29H35ClN2O2. The van der Waals surface area contributed by atoms with Crippen LogP contribution in [0.2, 0.25) is 5.02 Å². The predicted molar refractivity (Wildman–Crippen MR) is 144 cm³/mol. The molecule has 34 heavy (non-hydrogen) atoms. The molecule has 4 nitrogen and oxygen atoms in total. The molecule has 0 spiro atoms. The van der Waals surface area contributed by atoms with E-state index in [1.54, 1.807) is 27.0 Å². The van der Waals surface area contributed by atoms with Gasteiger partial charge in [-0.2, -0.15) is 0 Å². The number of aryl methyl sites for hydroxylation is 1. The predicted octanol–water partition coefficient (Wildman–Crippen LogP) is 7.26. The summed E-state index contributed by atoms with van der Waals surface area (Å²) in [7, 11) is 0. The van der Waals surface area contributed by atoms with E-state index in [4.69, 9.17) is 21.7 Å². The number of aliphatic hydroxyl groups excluding tert-OH is 1. The second-order valence-electron chi connectivity index (χ2n) is 8.68. The van der Waals surface area contributed by atoms with E-state index >= 15 is 0 Å². The summed E-state index contributed by atoms with van der Waals surface area (Å²) >= 11 is 6.08. The van der Waals surface area contributed by atoms with Crippen molar-refractivity contribution in [3.63, 3.8) is 0 Å². The Hall–Kier alpha value is -2.79. The van der Waals surface area contributed by atoms with Gasteiger partial charge < -0.3 is 10.2 Å². The van der Waals surface area contributed by atoms with Crippen LogP contribution in [0.3, 0.4) is 0 Å². The Kier molecular flexibility index (Phi) is 10.2. The molecule has 0 bridgehead atoms. The summed E-state index contributed by atoms with van der Waals surface area (Å²) in [4.78, 5) is 9.27. The second kappa shape index (κ2) is 12.6. The average molecular weight is 479 g/mol. The minimum absolute atomic E-state index is 0.104. The Bertz CT molecular complexity index is 1180. The van der Waals surface area contributed by atoms with Gasteiger partial charge in [-0.25, -0.2) is 4.98 Å². The lowest BCUT2D eigenvalue weighted by molar-refractivity contribution is 0.102. The van der Waals surface area contributed by atoms with Crippen LogP contribution in [0.5, 0.6) is 0 Å². The number of aromatic nitrogens is 2. The van der Waals surface area contributed by atoms with Crippen LogP contribution in [0.1, 0.15) is 45.7 Å². The van der Waals surface area contributed by atoms with Crippen molar-refractivity contribution in [1.82, 2.24) is 9.97 Å². The van der Waals surface area contributed by atoms with E-state index < -0.39 is 5.60 Å². The van der Waals surface area contributed by atoms with E-state index in [1.165, 1.54) is 0 Å². The van der Waals surface area contributed by atoms with Gasteiger partial charge >= 0.3 is 0 Å². The Labute approximate surface area is 208 Å². The molecule has 4 aromatic rings. The fourth-order valence-corrected chi connectivity index (χ4v) is 3.61. The van der Waals surface area contributed by atoms with Gasteiger partial charge in [0.2, 0.25) is 0 Å². The fourth-order valence-electron chi connectivity index (χ4n) is 3.49. The van der Waals surface area contributed by atoms with Crippen molar-refractivity contribution >= 4 is 22.5 Å². The zero-order chi connectivity index (χ0) is 25.3. The van der Waals surface area contributed by atoms with Gasteiger partial charge in [0, 0.05) is 23.2 Å². The van der Waals surface area contributed by atoms with E-state index in [-0.39, 0.29) is 6.61 Å². The molecule has 0 unspecified atom stereocenters. The van der Waals surface area contributed by atoms with E-state index in [9.17, 15) is 5.11 Å². The van der Waals surface area contributed by atoms with Gasteiger partial charge in [-0.1, -0.05) is 43.6 Å². The summed E-state index contributed by atoms with van der Waals surface area (Å²) in [5, 5.41) is 19.9. The molecule has 0 saturated carbocycles. The van der Waals surface area contributed by atoms with Crippen molar-refractivity contribution in [2.45, 2.75) is 53.6 Å². The molecular weight excluding hydrogens is 444 g/mol. The highest BCUT2D eigenvalue weighted by molar-refractivity contribution is 6.30. The molecule has 180 valence electrons. The van der Waals surface area contributed by atoms with Crippen LogP contribution < -0.4 is 0 Å². The topological polar surface area (TPSA) is 66.2 Å². The second-order valence-corrected chi connectivity index (χ2v) is 9.11. The van der Waals surface area contributed by atoms with Crippen molar-refractivity contribution in [2.24, 2.45) is 0 Å². The van der Waals surface area contributed by atoms with Crippen LogP contribution in [0, 0.1) is 6.92 Å². The van der Waals surface area contributed by atoms with Crippen LogP contribution in [0.4, 0.5) is 0 Å². The van der Waals surface area contributed by atoms with Gasteiger partial charge in [0.15, 0.2) is 0 Å². The maximum absolute atomic E-state index is 9.58. The summed E-state index contributed by atoms with van der Waals surface area (Å²) in [5.74, 6) is 0. The third-order valence-corrected chi connectivity index (χ3v) is 5.00. The van der Waals surface area contributed by atoms with Crippen LogP contribution >= 0.6 is 11.6 Å². The van der Waals surface area contributed by atoms with Crippen molar-refractivity contribution in [3.8, 4) is 22.5 Å². The first-order valence-electron chi connectivity index (χ1n) is 11.6. The lowest BCUT2D eigenvalue weighted by Gasteiger charge is -2.16. The van der Waals surface area contributed by atoms with Crippen molar-refractivity contribution < 1.29 is 10.2 Å². The number of hydrogen-bond donors (Lipinski definition) is 2. The van der Waals surface area contributed by atoms with Gasteiger partial charge in [0.25, 0.3) is 0 Å². The van der Waals surface area contributed by atoms with E-state index in [2.05, 4.69) is 24.0 Å². The van der Waals surface area contributed by atoms with Crippen molar-refractivity contribution in [3.05, 3.63) is 83.0 Å².